The predicted octanol–water partition coefficient (Wildman–Crippen LogP) is 5.61. The average Bonchev–Trinajstić information content (AvgIpc) is 2.67. The van der Waals surface area contributed by atoms with E-state index in [1.807, 2.05) is 50.2 Å². The Morgan fingerprint density at radius 2 is 1.44 bits per heavy atom. The Balaban J connectivity index is 1.90. The lowest BCUT2D eigenvalue weighted by Gasteiger charge is -2.34. The van der Waals surface area contributed by atoms with Gasteiger partial charge in [0.05, 0.1) is 10.3 Å². The van der Waals surface area contributed by atoms with E-state index in [0.717, 1.165) is 36.8 Å². The van der Waals surface area contributed by atoms with Crippen LogP contribution in [0.15, 0.2) is 53.4 Å². The molecule has 1 aliphatic rings. The summed E-state index contributed by atoms with van der Waals surface area (Å²) in [5.41, 5.74) is 3.18. The molecular weight excluding hydrogens is 378 g/mol. The lowest BCUT2D eigenvalue weighted by molar-refractivity contribution is 0.253. The summed E-state index contributed by atoms with van der Waals surface area (Å²) in [6.07, 6.45) is 5.13. The van der Waals surface area contributed by atoms with E-state index in [0.29, 0.717) is 11.4 Å². The monoisotopic (exact) mass is 405 g/mol. The maximum atomic E-state index is 13.4. The minimum absolute atomic E-state index is 0.0248. The van der Waals surface area contributed by atoms with Gasteiger partial charge in [0.1, 0.15) is 0 Å². The van der Waals surface area contributed by atoms with Crippen LogP contribution in [0.3, 0.4) is 0 Å². The van der Waals surface area contributed by atoms with Gasteiger partial charge in [-0.05, 0) is 44.4 Å². The third-order valence-electron chi connectivity index (χ3n) is 5.39. The average molecular weight is 406 g/mol. The van der Waals surface area contributed by atoms with Gasteiger partial charge in [-0.25, -0.2) is 8.42 Å². The third kappa shape index (κ3) is 4.92. The molecule has 1 unspecified atom stereocenters. The zero-order chi connectivity index (χ0) is 19.4. The fourth-order valence-electron chi connectivity index (χ4n) is 3.70. The molecule has 0 amide bonds. The van der Waals surface area contributed by atoms with Gasteiger partial charge >= 0.3 is 0 Å². The van der Waals surface area contributed by atoms with Gasteiger partial charge in [-0.3, -0.25) is 0 Å². The number of hydrogen-bond donors (Lipinski definition) is 0. The molecule has 5 heteroatoms. The molecule has 1 atom stereocenters. The lowest BCUT2D eigenvalue weighted by Crippen LogP contribution is -2.43. The van der Waals surface area contributed by atoms with Crippen LogP contribution in [-0.2, 0) is 10.0 Å². The van der Waals surface area contributed by atoms with E-state index in [-0.39, 0.29) is 11.4 Å². The van der Waals surface area contributed by atoms with Crippen LogP contribution in [0.4, 0.5) is 0 Å². The number of benzene rings is 2. The summed E-state index contributed by atoms with van der Waals surface area (Å²) in [6, 6.07) is 15.2. The summed E-state index contributed by atoms with van der Waals surface area (Å²) in [7, 11) is -3.58. The number of rotatable bonds is 6. The number of alkyl halides is 1. The number of hydrogen-bond acceptors (Lipinski definition) is 2. The molecule has 0 aliphatic heterocycles. The molecule has 0 saturated heterocycles. The maximum Gasteiger partial charge on any atom is 0.243 e. The minimum atomic E-state index is -3.58. The van der Waals surface area contributed by atoms with Crippen molar-refractivity contribution in [3.63, 3.8) is 0 Å². The van der Waals surface area contributed by atoms with Crippen LogP contribution in [0.25, 0.3) is 0 Å². The van der Waals surface area contributed by atoms with E-state index in [2.05, 4.69) is 0 Å². The van der Waals surface area contributed by atoms with Gasteiger partial charge in [0.25, 0.3) is 0 Å². The summed E-state index contributed by atoms with van der Waals surface area (Å²) in [5, 5.41) is -0.368. The highest BCUT2D eigenvalue weighted by Gasteiger charge is 2.34. The smallest absolute Gasteiger partial charge is 0.207 e. The van der Waals surface area contributed by atoms with E-state index in [1.54, 1.807) is 16.4 Å². The summed E-state index contributed by atoms with van der Waals surface area (Å²) >= 11 is 6.69. The minimum Gasteiger partial charge on any atom is -0.207 e. The normalized spacial score (nSPS) is 17.2. The SMILES string of the molecule is Cc1ccc(C(Cl)CN(C2CCCCC2)S(=O)(=O)c2ccc(C)cc2)cc1. The van der Waals surface area contributed by atoms with E-state index in [9.17, 15) is 8.42 Å². The first-order valence-corrected chi connectivity index (χ1v) is 11.5. The van der Waals surface area contributed by atoms with Crippen LogP contribution in [0.5, 0.6) is 0 Å². The zero-order valence-corrected chi connectivity index (χ0v) is 17.6. The van der Waals surface area contributed by atoms with E-state index in [4.69, 9.17) is 11.6 Å². The molecule has 2 aromatic carbocycles. The highest BCUT2D eigenvalue weighted by Crippen LogP contribution is 2.32. The van der Waals surface area contributed by atoms with Crippen LogP contribution in [0.2, 0.25) is 0 Å². The highest BCUT2D eigenvalue weighted by atomic mass is 35.5. The summed E-state index contributed by atoms with van der Waals surface area (Å²) < 4.78 is 28.5. The molecule has 1 aliphatic carbocycles. The standard InChI is InChI=1S/C22H28ClNO2S/c1-17-8-12-19(13-9-17)22(23)16-24(20-6-4-3-5-7-20)27(25,26)21-14-10-18(2)11-15-21/h8-15,20,22H,3-7,16H2,1-2H3. The fourth-order valence-corrected chi connectivity index (χ4v) is 5.77. The Hall–Kier alpha value is -1.36. The van der Waals surface area contributed by atoms with E-state index in [1.165, 1.54) is 12.0 Å². The number of nitrogens with zero attached hydrogens (tertiary/aromatic N) is 1. The maximum absolute atomic E-state index is 13.4. The van der Waals surface area contributed by atoms with Crippen LogP contribution in [-0.4, -0.2) is 25.3 Å². The van der Waals surface area contributed by atoms with Crippen molar-refractivity contribution in [3.8, 4) is 0 Å². The second-order valence-corrected chi connectivity index (χ2v) is 9.98. The second kappa shape index (κ2) is 8.76. The Morgan fingerprint density at radius 1 is 0.926 bits per heavy atom. The zero-order valence-electron chi connectivity index (χ0n) is 16.1. The van der Waals surface area contributed by atoms with Crippen LogP contribution >= 0.6 is 11.6 Å². The first-order chi connectivity index (χ1) is 12.9. The summed E-state index contributed by atoms with van der Waals surface area (Å²) in [5.74, 6) is 0. The molecule has 2 aromatic rings. The molecule has 3 rings (SSSR count). The largest absolute Gasteiger partial charge is 0.243 e. The molecule has 27 heavy (non-hydrogen) atoms. The van der Waals surface area contributed by atoms with Crippen LogP contribution in [0.1, 0.15) is 54.2 Å². The van der Waals surface area contributed by atoms with Crippen molar-refractivity contribution < 1.29 is 8.42 Å². The number of sulfonamides is 1. The Morgan fingerprint density at radius 3 is 2.00 bits per heavy atom. The van der Waals surface area contributed by atoms with Crippen molar-refractivity contribution in [2.24, 2.45) is 0 Å². The molecule has 0 spiro atoms. The first-order valence-electron chi connectivity index (χ1n) is 9.67. The molecule has 0 heterocycles. The van der Waals surface area contributed by atoms with Gasteiger partial charge < -0.3 is 0 Å². The van der Waals surface area contributed by atoms with Gasteiger partial charge in [0, 0.05) is 12.6 Å². The third-order valence-corrected chi connectivity index (χ3v) is 7.71. The molecule has 1 fully saturated rings. The van der Waals surface area contributed by atoms with Crippen molar-refractivity contribution in [2.45, 2.75) is 62.3 Å². The fraction of sp³-hybridized carbons (Fsp3) is 0.455. The molecule has 0 N–H and O–H groups in total. The van der Waals surface area contributed by atoms with Crippen LogP contribution in [0, 0.1) is 13.8 Å². The quantitative estimate of drug-likeness (QED) is 0.586. The second-order valence-electron chi connectivity index (χ2n) is 7.56. The molecule has 0 bridgehead atoms. The Labute approximate surface area is 168 Å². The summed E-state index contributed by atoms with van der Waals surface area (Å²) in [6.45, 7) is 4.29. The van der Waals surface area contributed by atoms with Crippen molar-refractivity contribution in [1.29, 1.82) is 0 Å². The lowest BCUT2D eigenvalue weighted by atomic mass is 9.95. The predicted molar refractivity (Wildman–Crippen MR) is 112 cm³/mol. The number of halogens is 1. The van der Waals surface area contributed by atoms with Gasteiger partial charge in [0.2, 0.25) is 10.0 Å². The van der Waals surface area contributed by atoms with Crippen molar-refractivity contribution >= 4 is 21.6 Å². The number of aryl methyl sites for hydroxylation is 2. The van der Waals surface area contributed by atoms with E-state index < -0.39 is 10.0 Å². The molecule has 3 nitrogen and oxygen atoms in total. The van der Waals surface area contributed by atoms with Crippen LogP contribution < -0.4 is 0 Å². The Kier molecular flexibility index (Phi) is 6.61. The van der Waals surface area contributed by atoms with Gasteiger partial charge in [-0.1, -0.05) is 66.8 Å². The van der Waals surface area contributed by atoms with Gasteiger partial charge in [0.15, 0.2) is 0 Å². The topological polar surface area (TPSA) is 37.4 Å². The van der Waals surface area contributed by atoms with Crippen molar-refractivity contribution in [1.82, 2.24) is 4.31 Å². The molecule has 146 valence electrons. The molecule has 0 radical (unpaired) electrons. The molecular formula is C22H28ClNO2S. The van der Waals surface area contributed by atoms with Gasteiger partial charge in [-0.2, -0.15) is 4.31 Å². The van der Waals surface area contributed by atoms with Crippen molar-refractivity contribution in [2.75, 3.05) is 6.54 Å². The summed E-state index contributed by atoms with van der Waals surface area (Å²) in [4.78, 5) is 0.353. The first kappa shape index (κ1) is 20.4. The highest BCUT2D eigenvalue weighted by molar-refractivity contribution is 7.89. The van der Waals surface area contributed by atoms with E-state index >= 15 is 0 Å². The molecule has 1 saturated carbocycles. The van der Waals surface area contributed by atoms with Gasteiger partial charge in [-0.15, -0.1) is 11.6 Å². The van der Waals surface area contributed by atoms with Crippen molar-refractivity contribution in [3.05, 3.63) is 65.2 Å². The molecule has 0 aromatic heterocycles. The Bertz CT molecular complexity index is 841.